The first-order valence-corrected chi connectivity index (χ1v) is 8.80. The zero-order valence-corrected chi connectivity index (χ0v) is 15.4. The number of rotatable bonds is 2. The molecule has 0 spiro atoms. The fraction of sp³-hybridized carbons (Fsp3) is 0.389. The quantitative estimate of drug-likeness (QED) is 0.798. The van der Waals surface area contributed by atoms with Crippen LogP contribution in [0.25, 0.3) is 0 Å². The molecule has 2 aromatic rings. The highest BCUT2D eigenvalue weighted by Gasteiger charge is 2.30. The highest BCUT2D eigenvalue weighted by Crippen LogP contribution is 2.31. The van der Waals surface area contributed by atoms with Gasteiger partial charge in [-0.2, -0.15) is 0 Å². The smallest absolute Gasteiger partial charge is 0.322 e. The number of nitrogens with one attached hydrogen (secondary N) is 1. The van der Waals surface area contributed by atoms with Crippen molar-refractivity contribution in [1.29, 1.82) is 0 Å². The summed E-state index contributed by atoms with van der Waals surface area (Å²) < 4.78 is 3.37. The van der Waals surface area contributed by atoms with Crippen LogP contribution in [-0.2, 0) is 6.54 Å². The third-order valence-corrected chi connectivity index (χ3v) is 5.46. The van der Waals surface area contributed by atoms with E-state index in [1.165, 1.54) is 11.4 Å². The molecule has 0 bridgehead atoms. The molecule has 1 aliphatic rings. The fourth-order valence-corrected chi connectivity index (χ4v) is 3.55. The molecule has 1 atom stereocenters. The summed E-state index contributed by atoms with van der Waals surface area (Å²) in [4.78, 5) is 14.7. The van der Waals surface area contributed by atoms with Crippen LogP contribution in [0.4, 0.5) is 10.5 Å². The van der Waals surface area contributed by atoms with Crippen molar-refractivity contribution < 1.29 is 4.79 Å². The number of benzene rings is 1. The first kappa shape index (κ1) is 16.1. The van der Waals surface area contributed by atoms with E-state index >= 15 is 0 Å². The average molecular weight is 376 g/mol. The molecular formula is C18H22BrN3O. The summed E-state index contributed by atoms with van der Waals surface area (Å²) in [5.74, 6) is 0. The van der Waals surface area contributed by atoms with Crippen LogP contribution in [0.2, 0.25) is 0 Å². The van der Waals surface area contributed by atoms with Gasteiger partial charge in [0.05, 0.1) is 6.04 Å². The van der Waals surface area contributed by atoms with Crippen LogP contribution in [0.15, 0.2) is 34.8 Å². The second-order valence-electron chi connectivity index (χ2n) is 6.06. The molecule has 1 N–H and O–H groups in total. The summed E-state index contributed by atoms with van der Waals surface area (Å²) in [6.07, 6.45) is 0.913. The summed E-state index contributed by atoms with van der Waals surface area (Å²) in [6.45, 7) is 7.87. The van der Waals surface area contributed by atoms with Crippen LogP contribution >= 0.6 is 15.9 Å². The maximum Gasteiger partial charge on any atom is 0.322 e. The largest absolute Gasteiger partial charge is 0.345 e. The molecule has 23 heavy (non-hydrogen) atoms. The second-order valence-corrected chi connectivity index (χ2v) is 6.92. The minimum Gasteiger partial charge on any atom is -0.345 e. The minimum absolute atomic E-state index is 0.0244. The van der Waals surface area contributed by atoms with Gasteiger partial charge in [-0.1, -0.05) is 22.9 Å². The van der Waals surface area contributed by atoms with Crippen molar-refractivity contribution in [3.05, 3.63) is 51.8 Å². The summed E-state index contributed by atoms with van der Waals surface area (Å²) in [6, 6.07) is 10.3. The Morgan fingerprint density at radius 3 is 2.74 bits per heavy atom. The Bertz CT molecular complexity index is 738. The number of aromatic nitrogens is 1. The molecule has 4 nitrogen and oxygen atoms in total. The van der Waals surface area contributed by atoms with Crippen LogP contribution in [-0.4, -0.2) is 22.0 Å². The van der Waals surface area contributed by atoms with Crippen molar-refractivity contribution in [2.75, 3.05) is 11.9 Å². The molecule has 1 aliphatic heterocycles. The maximum absolute atomic E-state index is 12.7. The number of aryl methyl sites for hydroxylation is 2. The summed E-state index contributed by atoms with van der Waals surface area (Å²) in [7, 11) is 0. The predicted octanol–water partition coefficient (Wildman–Crippen LogP) is 4.87. The molecule has 0 aliphatic carbocycles. The molecule has 0 saturated carbocycles. The lowest BCUT2D eigenvalue weighted by Gasteiger charge is -2.37. The second kappa shape index (κ2) is 6.40. The number of halogens is 1. The van der Waals surface area contributed by atoms with Crippen LogP contribution in [0.3, 0.4) is 0 Å². The van der Waals surface area contributed by atoms with Gasteiger partial charge in [-0.15, -0.1) is 0 Å². The number of fused-ring (bicyclic) bond motifs is 1. The topological polar surface area (TPSA) is 37.3 Å². The molecule has 0 fully saturated rings. The van der Waals surface area contributed by atoms with Gasteiger partial charge < -0.3 is 14.8 Å². The zero-order valence-electron chi connectivity index (χ0n) is 13.8. The molecule has 2 heterocycles. The monoisotopic (exact) mass is 375 g/mol. The predicted molar refractivity (Wildman–Crippen MR) is 96.8 cm³/mol. The summed E-state index contributed by atoms with van der Waals surface area (Å²) >= 11 is 3.49. The van der Waals surface area contributed by atoms with E-state index in [-0.39, 0.29) is 12.1 Å². The number of carbonyl (C=O) groups excluding carboxylic acids is 1. The third kappa shape index (κ3) is 3.02. The normalized spacial score (nSPS) is 17.0. The molecule has 1 aromatic heterocycles. The first-order chi connectivity index (χ1) is 11.0. The van der Waals surface area contributed by atoms with E-state index in [1.807, 2.05) is 30.0 Å². The number of carbonyl (C=O) groups is 1. The molecule has 1 aromatic carbocycles. The molecular weight excluding hydrogens is 354 g/mol. The highest BCUT2D eigenvalue weighted by atomic mass is 79.9. The van der Waals surface area contributed by atoms with Crippen LogP contribution in [0.1, 0.15) is 36.3 Å². The number of amides is 2. The molecule has 1 unspecified atom stereocenters. The number of hydrogen-bond acceptors (Lipinski definition) is 1. The van der Waals surface area contributed by atoms with E-state index in [0.717, 1.165) is 35.2 Å². The van der Waals surface area contributed by atoms with Crippen LogP contribution in [0.5, 0.6) is 0 Å². The molecule has 5 heteroatoms. The molecule has 122 valence electrons. The summed E-state index contributed by atoms with van der Waals surface area (Å²) in [5, 5.41) is 3.04. The van der Waals surface area contributed by atoms with E-state index in [9.17, 15) is 4.79 Å². The maximum atomic E-state index is 12.7. The molecule has 0 saturated heterocycles. The number of anilines is 1. The van der Waals surface area contributed by atoms with Gasteiger partial charge in [0.1, 0.15) is 0 Å². The van der Waals surface area contributed by atoms with E-state index in [2.05, 4.69) is 51.8 Å². The van der Waals surface area contributed by atoms with Gasteiger partial charge in [-0.25, -0.2) is 4.79 Å². The fourth-order valence-electron chi connectivity index (χ4n) is 3.30. The van der Waals surface area contributed by atoms with Gasteiger partial charge in [0.25, 0.3) is 0 Å². The lowest BCUT2D eigenvalue weighted by Crippen LogP contribution is -2.44. The lowest BCUT2D eigenvalue weighted by molar-refractivity contribution is 0.165. The number of nitrogens with zero attached hydrogens (tertiary/aromatic N) is 2. The van der Waals surface area contributed by atoms with E-state index < -0.39 is 0 Å². The van der Waals surface area contributed by atoms with Gasteiger partial charge in [0, 0.05) is 34.6 Å². The van der Waals surface area contributed by atoms with Crippen LogP contribution < -0.4 is 5.32 Å². The van der Waals surface area contributed by atoms with Gasteiger partial charge in [-0.05, 0) is 56.2 Å². The van der Waals surface area contributed by atoms with Gasteiger partial charge in [0.2, 0.25) is 0 Å². The Kier molecular flexibility index (Phi) is 4.48. The van der Waals surface area contributed by atoms with E-state index in [1.54, 1.807) is 0 Å². The third-order valence-electron chi connectivity index (χ3n) is 4.57. The Morgan fingerprint density at radius 1 is 1.26 bits per heavy atom. The van der Waals surface area contributed by atoms with Gasteiger partial charge in [-0.3, -0.25) is 0 Å². The number of hydrogen-bond donors (Lipinski definition) is 1. The van der Waals surface area contributed by atoms with Crippen molar-refractivity contribution in [2.24, 2.45) is 0 Å². The Morgan fingerprint density at radius 2 is 2.04 bits per heavy atom. The van der Waals surface area contributed by atoms with Crippen LogP contribution in [0, 0.1) is 13.8 Å². The zero-order chi connectivity index (χ0) is 16.6. The standard InChI is InChI=1S/C18H22BrN3O/c1-4-16-17-8-5-13(3)21(17)9-10-22(16)18(23)20-14-6-7-15(19)12(2)11-14/h5-8,11,16H,4,9-10H2,1-3H3,(H,20,23). The SMILES string of the molecule is CCC1c2ccc(C)n2CCN1C(=O)Nc1ccc(Br)c(C)c1. The lowest BCUT2D eigenvalue weighted by atomic mass is 10.1. The summed E-state index contributed by atoms with van der Waals surface area (Å²) in [5.41, 5.74) is 4.45. The van der Waals surface area contributed by atoms with Crippen molar-refractivity contribution in [2.45, 2.75) is 39.8 Å². The van der Waals surface area contributed by atoms with Crippen molar-refractivity contribution in [1.82, 2.24) is 9.47 Å². The Labute approximate surface area is 145 Å². The molecule has 2 amide bonds. The Balaban J connectivity index is 1.80. The first-order valence-electron chi connectivity index (χ1n) is 8.01. The number of urea groups is 1. The van der Waals surface area contributed by atoms with Crippen molar-refractivity contribution >= 4 is 27.6 Å². The van der Waals surface area contributed by atoms with Gasteiger partial charge >= 0.3 is 6.03 Å². The van der Waals surface area contributed by atoms with E-state index in [0.29, 0.717) is 0 Å². The van der Waals surface area contributed by atoms with Gasteiger partial charge in [0.15, 0.2) is 0 Å². The average Bonchev–Trinajstić information content (AvgIpc) is 2.91. The Hall–Kier alpha value is -1.75. The highest BCUT2D eigenvalue weighted by molar-refractivity contribution is 9.10. The molecule has 0 radical (unpaired) electrons. The van der Waals surface area contributed by atoms with E-state index in [4.69, 9.17) is 0 Å². The minimum atomic E-state index is -0.0244. The molecule has 3 rings (SSSR count). The van der Waals surface area contributed by atoms with Crippen molar-refractivity contribution in [3.8, 4) is 0 Å². The van der Waals surface area contributed by atoms with Crippen molar-refractivity contribution in [3.63, 3.8) is 0 Å².